The van der Waals surface area contributed by atoms with E-state index in [1.165, 1.54) is 5.56 Å². The molecule has 1 aromatic carbocycles. The Bertz CT molecular complexity index is 511. The number of hydrogen-bond donors (Lipinski definition) is 0. The Morgan fingerprint density at radius 3 is 2.77 bits per heavy atom. The molecular formula is C11H11NO. The fourth-order valence-electron chi connectivity index (χ4n) is 1.49. The number of pyridine rings is 1. The third kappa shape index (κ3) is 1.24. The van der Waals surface area contributed by atoms with Gasteiger partial charge >= 0.3 is 0 Å². The SMILES string of the molecule is Cc1ccc2c(=O)ccn(C)c2c1. The van der Waals surface area contributed by atoms with Crippen molar-refractivity contribution in [3.8, 4) is 0 Å². The Labute approximate surface area is 76.4 Å². The van der Waals surface area contributed by atoms with Crippen LogP contribution in [0, 0.1) is 6.92 Å². The lowest BCUT2D eigenvalue weighted by Gasteiger charge is -2.04. The van der Waals surface area contributed by atoms with Gasteiger partial charge in [0.1, 0.15) is 0 Å². The highest BCUT2D eigenvalue weighted by atomic mass is 16.1. The zero-order chi connectivity index (χ0) is 9.42. The average Bonchev–Trinajstić information content (AvgIpc) is 2.12. The Kier molecular flexibility index (Phi) is 1.69. The van der Waals surface area contributed by atoms with E-state index >= 15 is 0 Å². The molecule has 0 bridgehead atoms. The van der Waals surface area contributed by atoms with Crippen LogP contribution in [0.4, 0.5) is 0 Å². The molecule has 0 saturated heterocycles. The summed E-state index contributed by atoms with van der Waals surface area (Å²) in [5, 5.41) is 0.788. The van der Waals surface area contributed by atoms with Crippen LogP contribution in [0.3, 0.4) is 0 Å². The van der Waals surface area contributed by atoms with Crippen LogP contribution in [0.15, 0.2) is 35.3 Å². The largest absolute Gasteiger partial charge is 0.350 e. The second-order valence-corrected chi connectivity index (χ2v) is 3.31. The van der Waals surface area contributed by atoms with Gasteiger partial charge in [-0.25, -0.2) is 0 Å². The number of hydrogen-bond acceptors (Lipinski definition) is 1. The third-order valence-electron chi connectivity index (χ3n) is 2.25. The van der Waals surface area contributed by atoms with Crippen LogP contribution in [-0.2, 0) is 7.05 Å². The van der Waals surface area contributed by atoms with Crippen molar-refractivity contribution >= 4 is 10.9 Å². The second-order valence-electron chi connectivity index (χ2n) is 3.31. The van der Waals surface area contributed by atoms with E-state index in [4.69, 9.17) is 0 Å². The molecule has 0 spiro atoms. The van der Waals surface area contributed by atoms with Gasteiger partial charge in [0.05, 0.1) is 5.52 Å². The Morgan fingerprint density at radius 2 is 2.00 bits per heavy atom. The highest BCUT2D eigenvalue weighted by Crippen LogP contribution is 2.10. The number of aromatic nitrogens is 1. The van der Waals surface area contributed by atoms with Crippen LogP contribution in [0.5, 0.6) is 0 Å². The molecule has 0 amide bonds. The van der Waals surface area contributed by atoms with Crippen LogP contribution < -0.4 is 5.43 Å². The lowest BCUT2D eigenvalue weighted by Crippen LogP contribution is -2.04. The minimum atomic E-state index is 0.0908. The second kappa shape index (κ2) is 2.73. The van der Waals surface area contributed by atoms with E-state index in [1.54, 1.807) is 12.3 Å². The number of rotatable bonds is 0. The first-order valence-electron chi connectivity index (χ1n) is 4.24. The fraction of sp³-hybridized carbons (Fsp3) is 0.182. The molecule has 13 heavy (non-hydrogen) atoms. The van der Waals surface area contributed by atoms with Crippen molar-refractivity contribution in [1.82, 2.24) is 4.57 Å². The van der Waals surface area contributed by atoms with Crippen LogP contribution in [-0.4, -0.2) is 4.57 Å². The van der Waals surface area contributed by atoms with Gasteiger partial charge in [-0.05, 0) is 24.6 Å². The molecule has 1 heterocycles. The molecule has 0 saturated carbocycles. The van der Waals surface area contributed by atoms with Gasteiger partial charge in [0.2, 0.25) is 0 Å². The van der Waals surface area contributed by atoms with Gasteiger partial charge in [-0.1, -0.05) is 6.07 Å². The van der Waals surface area contributed by atoms with Crippen molar-refractivity contribution in [1.29, 1.82) is 0 Å². The van der Waals surface area contributed by atoms with E-state index in [-0.39, 0.29) is 5.43 Å². The zero-order valence-corrected chi connectivity index (χ0v) is 7.74. The van der Waals surface area contributed by atoms with Gasteiger partial charge in [-0.3, -0.25) is 4.79 Å². The van der Waals surface area contributed by atoms with E-state index in [0.29, 0.717) is 0 Å². The molecule has 0 aliphatic carbocycles. The van der Waals surface area contributed by atoms with E-state index in [1.807, 2.05) is 36.7 Å². The predicted molar refractivity (Wildman–Crippen MR) is 53.9 cm³/mol. The van der Waals surface area contributed by atoms with Gasteiger partial charge in [0.15, 0.2) is 5.43 Å². The van der Waals surface area contributed by atoms with Gasteiger partial charge in [-0.2, -0.15) is 0 Å². The summed E-state index contributed by atoms with van der Waals surface area (Å²) in [6, 6.07) is 7.46. The van der Waals surface area contributed by atoms with E-state index in [9.17, 15) is 4.79 Å². The number of benzene rings is 1. The van der Waals surface area contributed by atoms with E-state index < -0.39 is 0 Å². The molecule has 0 radical (unpaired) electrons. The molecule has 0 atom stereocenters. The average molecular weight is 173 g/mol. The van der Waals surface area contributed by atoms with Gasteiger partial charge in [-0.15, -0.1) is 0 Å². The van der Waals surface area contributed by atoms with E-state index in [0.717, 1.165) is 10.9 Å². The Hall–Kier alpha value is -1.57. The normalized spacial score (nSPS) is 10.6. The summed E-state index contributed by atoms with van der Waals surface area (Å²) in [6.45, 7) is 2.02. The summed E-state index contributed by atoms with van der Waals surface area (Å²) in [7, 11) is 1.95. The van der Waals surface area contributed by atoms with Crippen molar-refractivity contribution in [2.45, 2.75) is 6.92 Å². The fourth-order valence-corrected chi connectivity index (χ4v) is 1.49. The molecule has 2 rings (SSSR count). The first-order valence-corrected chi connectivity index (χ1v) is 4.24. The monoisotopic (exact) mass is 173 g/mol. The molecule has 0 aliphatic rings. The molecule has 66 valence electrons. The summed E-state index contributed by atoms with van der Waals surface area (Å²) >= 11 is 0. The lowest BCUT2D eigenvalue weighted by molar-refractivity contribution is 0.949. The number of fused-ring (bicyclic) bond motifs is 1. The highest BCUT2D eigenvalue weighted by molar-refractivity contribution is 5.79. The lowest BCUT2D eigenvalue weighted by atomic mass is 10.1. The minimum absolute atomic E-state index is 0.0908. The van der Waals surface area contributed by atoms with Crippen molar-refractivity contribution in [3.63, 3.8) is 0 Å². The summed E-state index contributed by atoms with van der Waals surface area (Å²) in [4.78, 5) is 11.4. The van der Waals surface area contributed by atoms with Crippen LogP contribution >= 0.6 is 0 Å². The number of aryl methyl sites for hydroxylation is 2. The van der Waals surface area contributed by atoms with Crippen LogP contribution in [0.1, 0.15) is 5.56 Å². The first kappa shape index (κ1) is 8.05. The summed E-state index contributed by atoms with van der Waals surface area (Å²) < 4.78 is 1.96. The quantitative estimate of drug-likeness (QED) is 0.596. The van der Waals surface area contributed by atoms with Crippen LogP contribution in [0.2, 0.25) is 0 Å². The molecule has 1 aromatic heterocycles. The number of nitrogens with zero attached hydrogens (tertiary/aromatic N) is 1. The Morgan fingerprint density at radius 1 is 1.23 bits per heavy atom. The summed E-state index contributed by atoms with van der Waals surface area (Å²) in [6.07, 6.45) is 1.80. The van der Waals surface area contributed by atoms with Crippen molar-refractivity contribution in [2.75, 3.05) is 0 Å². The standard InChI is InChI=1S/C11H11NO/c1-8-3-4-9-10(7-8)12(2)6-5-11(9)13/h3-7H,1-2H3. The maximum absolute atomic E-state index is 11.4. The minimum Gasteiger partial charge on any atom is -0.350 e. The van der Waals surface area contributed by atoms with Gasteiger partial charge in [0.25, 0.3) is 0 Å². The molecular weight excluding hydrogens is 162 g/mol. The van der Waals surface area contributed by atoms with Crippen molar-refractivity contribution in [2.24, 2.45) is 7.05 Å². The summed E-state index contributed by atoms with van der Waals surface area (Å²) in [5.41, 5.74) is 2.26. The van der Waals surface area contributed by atoms with E-state index in [2.05, 4.69) is 0 Å². The predicted octanol–water partition coefficient (Wildman–Crippen LogP) is 1.85. The molecule has 2 heteroatoms. The maximum atomic E-state index is 11.4. The molecule has 0 aliphatic heterocycles. The molecule has 0 N–H and O–H groups in total. The third-order valence-corrected chi connectivity index (χ3v) is 2.25. The van der Waals surface area contributed by atoms with Gasteiger partial charge < -0.3 is 4.57 Å². The van der Waals surface area contributed by atoms with Crippen molar-refractivity contribution in [3.05, 3.63) is 46.2 Å². The molecule has 0 fully saturated rings. The highest BCUT2D eigenvalue weighted by Gasteiger charge is 1.99. The maximum Gasteiger partial charge on any atom is 0.189 e. The van der Waals surface area contributed by atoms with Crippen molar-refractivity contribution < 1.29 is 0 Å². The molecule has 0 unspecified atom stereocenters. The van der Waals surface area contributed by atoms with Gasteiger partial charge in [0, 0.05) is 24.7 Å². The molecule has 2 nitrogen and oxygen atoms in total. The summed E-state index contributed by atoms with van der Waals surface area (Å²) in [5.74, 6) is 0. The topological polar surface area (TPSA) is 22.0 Å². The zero-order valence-electron chi connectivity index (χ0n) is 7.74. The Balaban J connectivity index is 3.01. The first-order chi connectivity index (χ1) is 6.18. The van der Waals surface area contributed by atoms with Crippen LogP contribution in [0.25, 0.3) is 10.9 Å². The smallest absolute Gasteiger partial charge is 0.189 e. The molecule has 2 aromatic rings.